The van der Waals surface area contributed by atoms with E-state index in [0.717, 1.165) is 6.61 Å². The normalized spacial score (nSPS) is 26.1. The molecule has 0 amide bonds. The molecular weight excluding hydrogens is 176 g/mol. The molecule has 0 aromatic carbocycles. The monoisotopic (exact) mass is 200 g/mol. The van der Waals surface area contributed by atoms with Crippen LogP contribution in [0.2, 0.25) is 11.1 Å². The molecule has 0 aliphatic carbocycles. The van der Waals surface area contributed by atoms with Gasteiger partial charge in [-0.1, -0.05) is 41.0 Å². The lowest BCUT2D eigenvalue weighted by atomic mass is 9.82. The summed E-state index contributed by atoms with van der Waals surface area (Å²) in [5.74, 6) is 0. The van der Waals surface area contributed by atoms with Gasteiger partial charge in [-0.05, 0) is 22.9 Å². The van der Waals surface area contributed by atoms with Gasteiger partial charge in [0.25, 0.3) is 0 Å². The van der Waals surface area contributed by atoms with Crippen LogP contribution in [0.3, 0.4) is 0 Å². The zero-order chi connectivity index (χ0) is 10.1. The molecule has 1 fully saturated rings. The third-order valence-electron chi connectivity index (χ3n) is 3.92. The Bertz CT molecular complexity index is 163. The van der Waals surface area contributed by atoms with Gasteiger partial charge in [-0.3, -0.25) is 0 Å². The lowest BCUT2D eigenvalue weighted by molar-refractivity contribution is 0.213. The van der Waals surface area contributed by atoms with Gasteiger partial charge in [0.05, 0.1) is 0 Å². The molecule has 0 bridgehead atoms. The first-order chi connectivity index (χ1) is 5.86. The molecule has 0 aromatic rings. The Hall–Kier alpha value is 0.177. The molecule has 0 spiro atoms. The van der Waals surface area contributed by atoms with Gasteiger partial charge in [0.15, 0.2) is 9.04 Å². The third-order valence-corrected chi connectivity index (χ3v) is 7.96. The molecule has 78 valence electrons. The fourth-order valence-corrected chi connectivity index (χ4v) is 5.17. The first-order valence-electron chi connectivity index (χ1n) is 5.47. The van der Waals surface area contributed by atoms with Crippen LogP contribution in [-0.4, -0.2) is 15.6 Å². The summed E-state index contributed by atoms with van der Waals surface area (Å²) >= 11 is 0. The maximum Gasteiger partial charge on any atom is 0.183 e. The highest BCUT2D eigenvalue weighted by Gasteiger charge is 2.42. The van der Waals surface area contributed by atoms with Gasteiger partial charge in [-0.2, -0.15) is 0 Å². The van der Waals surface area contributed by atoms with Crippen LogP contribution < -0.4 is 0 Å². The van der Waals surface area contributed by atoms with Gasteiger partial charge in [-0.15, -0.1) is 0 Å². The topological polar surface area (TPSA) is 9.23 Å². The lowest BCUT2D eigenvalue weighted by Gasteiger charge is -2.45. The van der Waals surface area contributed by atoms with Crippen LogP contribution in [0.4, 0.5) is 0 Å². The Balaban J connectivity index is 2.67. The Morgan fingerprint density at radius 2 is 1.62 bits per heavy atom. The van der Waals surface area contributed by atoms with Crippen molar-refractivity contribution < 1.29 is 4.43 Å². The maximum atomic E-state index is 6.01. The Morgan fingerprint density at radius 3 is 2.00 bits per heavy atom. The zero-order valence-electron chi connectivity index (χ0n) is 9.81. The fourth-order valence-electron chi connectivity index (χ4n) is 1.79. The average molecular weight is 200 g/mol. The van der Waals surface area contributed by atoms with E-state index in [1.54, 1.807) is 0 Å². The summed E-state index contributed by atoms with van der Waals surface area (Å²) in [6, 6.07) is 1.38. The summed E-state index contributed by atoms with van der Waals surface area (Å²) in [5.41, 5.74) is 0.390. The van der Waals surface area contributed by atoms with Crippen LogP contribution in [0.5, 0.6) is 0 Å². The van der Waals surface area contributed by atoms with Crippen LogP contribution >= 0.6 is 0 Å². The van der Waals surface area contributed by atoms with Crippen LogP contribution in [0.15, 0.2) is 0 Å². The Kier molecular flexibility index (Phi) is 3.23. The highest BCUT2D eigenvalue weighted by molar-refractivity contribution is 6.55. The third kappa shape index (κ3) is 2.35. The zero-order valence-corrected chi connectivity index (χ0v) is 11.0. The van der Waals surface area contributed by atoms with E-state index in [-0.39, 0.29) is 0 Å². The second-order valence-corrected chi connectivity index (χ2v) is 9.16. The summed E-state index contributed by atoms with van der Waals surface area (Å²) in [6.07, 6.45) is 2.68. The van der Waals surface area contributed by atoms with Crippen LogP contribution in [0.25, 0.3) is 0 Å². The van der Waals surface area contributed by atoms with Crippen molar-refractivity contribution in [1.82, 2.24) is 0 Å². The molecular formula is C11H24OSi. The van der Waals surface area contributed by atoms with Gasteiger partial charge in [-0.25, -0.2) is 0 Å². The van der Waals surface area contributed by atoms with E-state index >= 15 is 0 Å². The molecule has 1 atom stereocenters. The van der Waals surface area contributed by atoms with Gasteiger partial charge >= 0.3 is 0 Å². The average Bonchev–Trinajstić information content (AvgIpc) is 2.04. The molecule has 1 rings (SSSR count). The van der Waals surface area contributed by atoms with Crippen molar-refractivity contribution in [1.29, 1.82) is 0 Å². The van der Waals surface area contributed by atoms with Crippen LogP contribution in [0.1, 0.15) is 47.5 Å². The van der Waals surface area contributed by atoms with Crippen molar-refractivity contribution >= 4 is 9.04 Å². The number of hydrogen-bond donors (Lipinski definition) is 0. The maximum absolute atomic E-state index is 6.01. The molecule has 13 heavy (non-hydrogen) atoms. The van der Waals surface area contributed by atoms with Crippen molar-refractivity contribution in [3.8, 4) is 0 Å². The van der Waals surface area contributed by atoms with E-state index in [0.29, 0.717) is 10.5 Å². The van der Waals surface area contributed by atoms with Gasteiger partial charge in [0.2, 0.25) is 0 Å². The Morgan fingerprint density at radius 1 is 1.00 bits per heavy atom. The summed E-state index contributed by atoms with van der Waals surface area (Å²) in [7, 11) is -0.960. The molecule has 1 unspecified atom stereocenters. The van der Waals surface area contributed by atoms with E-state index in [4.69, 9.17) is 4.43 Å². The smallest absolute Gasteiger partial charge is 0.183 e. The molecule has 2 heteroatoms. The van der Waals surface area contributed by atoms with Gasteiger partial charge < -0.3 is 4.43 Å². The second-order valence-electron chi connectivity index (χ2n) is 5.83. The van der Waals surface area contributed by atoms with Crippen molar-refractivity contribution in [2.24, 2.45) is 5.41 Å². The summed E-state index contributed by atoms with van der Waals surface area (Å²) in [6.45, 7) is 12.9. The predicted molar refractivity (Wildman–Crippen MR) is 60.6 cm³/mol. The second kappa shape index (κ2) is 3.74. The van der Waals surface area contributed by atoms with Crippen molar-refractivity contribution in [2.75, 3.05) is 6.61 Å². The van der Waals surface area contributed by atoms with E-state index in [1.807, 2.05) is 0 Å². The first kappa shape index (κ1) is 11.3. The highest BCUT2D eigenvalue weighted by Crippen LogP contribution is 2.49. The van der Waals surface area contributed by atoms with Gasteiger partial charge in [0, 0.05) is 6.61 Å². The predicted octanol–water partition coefficient (Wildman–Crippen LogP) is 3.35. The quantitative estimate of drug-likeness (QED) is 0.590. The van der Waals surface area contributed by atoms with Crippen molar-refractivity contribution in [2.45, 2.75) is 58.5 Å². The summed E-state index contributed by atoms with van der Waals surface area (Å²) in [4.78, 5) is 0. The van der Waals surface area contributed by atoms with Crippen LogP contribution in [0, 0.1) is 5.41 Å². The minimum Gasteiger partial charge on any atom is -0.419 e. The SMILES string of the molecule is CC(C)(C)C(C)(C)[SiH]1CCCCO1. The first-order valence-corrected chi connectivity index (χ1v) is 7.34. The van der Waals surface area contributed by atoms with Crippen molar-refractivity contribution in [3.63, 3.8) is 0 Å². The minimum atomic E-state index is -0.960. The molecule has 0 aromatic heterocycles. The van der Waals surface area contributed by atoms with Crippen molar-refractivity contribution in [3.05, 3.63) is 0 Å². The molecule has 1 aliphatic heterocycles. The van der Waals surface area contributed by atoms with Crippen LogP contribution in [-0.2, 0) is 4.43 Å². The standard InChI is InChI=1S/C11H24OSi/c1-10(2,3)11(4,5)13-9-7-6-8-12-13/h13H,6-9H2,1-5H3. The van der Waals surface area contributed by atoms with E-state index in [2.05, 4.69) is 34.6 Å². The Labute approximate surface area is 84.6 Å². The van der Waals surface area contributed by atoms with E-state index in [1.165, 1.54) is 18.9 Å². The largest absolute Gasteiger partial charge is 0.419 e. The molecule has 1 heterocycles. The summed E-state index contributed by atoms with van der Waals surface area (Å²) in [5, 5.41) is 0.424. The fraction of sp³-hybridized carbons (Fsp3) is 1.00. The van der Waals surface area contributed by atoms with Gasteiger partial charge in [0.1, 0.15) is 0 Å². The molecule has 0 saturated carbocycles. The molecule has 0 radical (unpaired) electrons. The number of rotatable bonds is 1. The molecule has 0 N–H and O–H groups in total. The highest BCUT2D eigenvalue weighted by atomic mass is 28.3. The molecule has 1 nitrogen and oxygen atoms in total. The number of hydrogen-bond acceptors (Lipinski definition) is 1. The van der Waals surface area contributed by atoms with E-state index in [9.17, 15) is 0 Å². The summed E-state index contributed by atoms with van der Waals surface area (Å²) < 4.78 is 6.01. The minimum absolute atomic E-state index is 0.390. The van der Waals surface area contributed by atoms with E-state index < -0.39 is 9.04 Å². The molecule has 1 aliphatic rings. The molecule has 1 saturated heterocycles. The lowest BCUT2D eigenvalue weighted by Crippen LogP contribution is -2.42.